The van der Waals surface area contributed by atoms with Crippen molar-refractivity contribution in [1.29, 1.82) is 0 Å². The van der Waals surface area contributed by atoms with E-state index in [1.807, 2.05) is 19.1 Å². The summed E-state index contributed by atoms with van der Waals surface area (Å²) in [5.41, 5.74) is 0.00218. The zero-order chi connectivity index (χ0) is 14.8. The first-order valence-electron chi connectivity index (χ1n) is 6.52. The third kappa shape index (κ3) is 3.07. The van der Waals surface area contributed by atoms with E-state index in [4.69, 9.17) is 9.47 Å². The minimum Gasteiger partial charge on any atom is -0.486 e. The van der Waals surface area contributed by atoms with Gasteiger partial charge in [0, 0.05) is 11.0 Å². The summed E-state index contributed by atoms with van der Waals surface area (Å²) >= 11 is 3.48. The first-order valence-corrected chi connectivity index (χ1v) is 7.32. The Kier molecular flexibility index (Phi) is 4.55. The molecule has 1 aromatic carbocycles. The Morgan fingerprint density at radius 2 is 2.00 bits per heavy atom. The van der Waals surface area contributed by atoms with E-state index in [-0.39, 0.29) is 0 Å². The van der Waals surface area contributed by atoms with Gasteiger partial charge >= 0.3 is 5.97 Å². The number of halogens is 1. The number of nitrogens with one attached hydrogen (secondary N) is 1. The Morgan fingerprint density at radius 1 is 1.40 bits per heavy atom. The number of carbonyl (C=O) groups is 1. The molecule has 0 amide bonds. The van der Waals surface area contributed by atoms with Gasteiger partial charge in [-0.3, -0.25) is 10.1 Å². The van der Waals surface area contributed by atoms with Crippen molar-refractivity contribution in [3.05, 3.63) is 22.2 Å². The highest BCUT2D eigenvalue weighted by Crippen LogP contribution is 2.35. The number of fused-ring (bicyclic) bond motifs is 1. The molecule has 0 spiro atoms. The molecule has 0 bridgehead atoms. The van der Waals surface area contributed by atoms with Gasteiger partial charge in [0.15, 0.2) is 11.5 Å². The first-order chi connectivity index (χ1) is 9.46. The number of carboxylic acid groups (broad SMARTS) is 1. The SMILES string of the molecule is CCC(C)(NCc1cc2c(cc1Br)OCCO2)C(=O)O. The molecule has 0 radical (unpaired) electrons. The Hall–Kier alpha value is -1.27. The summed E-state index contributed by atoms with van der Waals surface area (Å²) in [5, 5.41) is 12.3. The molecule has 110 valence electrons. The lowest BCUT2D eigenvalue weighted by molar-refractivity contribution is -0.144. The number of rotatable bonds is 5. The van der Waals surface area contributed by atoms with Crippen molar-refractivity contribution in [1.82, 2.24) is 5.32 Å². The second kappa shape index (κ2) is 6.01. The van der Waals surface area contributed by atoms with Crippen molar-refractivity contribution in [2.75, 3.05) is 13.2 Å². The molecule has 1 aliphatic heterocycles. The molecule has 1 aliphatic rings. The molecule has 0 fully saturated rings. The molecule has 0 saturated heterocycles. The normalized spacial score (nSPS) is 16.6. The van der Waals surface area contributed by atoms with Crippen LogP contribution in [0.15, 0.2) is 16.6 Å². The Morgan fingerprint density at radius 3 is 2.55 bits per heavy atom. The standard InChI is InChI=1S/C14H18BrNO4/c1-3-14(2,13(17)18)16-8-9-6-11-12(7-10(9)15)20-5-4-19-11/h6-7,16H,3-5,8H2,1-2H3,(H,17,18). The molecular weight excluding hydrogens is 326 g/mol. The van der Waals surface area contributed by atoms with E-state index < -0.39 is 11.5 Å². The summed E-state index contributed by atoms with van der Waals surface area (Å²) < 4.78 is 11.9. The number of hydrogen-bond donors (Lipinski definition) is 2. The molecular formula is C14H18BrNO4. The third-order valence-electron chi connectivity index (χ3n) is 3.56. The minimum atomic E-state index is -0.938. The van der Waals surface area contributed by atoms with Gasteiger partial charge in [-0.05, 0) is 31.0 Å². The van der Waals surface area contributed by atoms with Gasteiger partial charge < -0.3 is 14.6 Å². The fraction of sp³-hybridized carbons (Fsp3) is 0.500. The van der Waals surface area contributed by atoms with E-state index in [1.165, 1.54) is 0 Å². The minimum absolute atomic E-state index is 0.438. The van der Waals surface area contributed by atoms with Crippen molar-refractivity contribution < 1.29 is 19.4 Å². The largest absolute Gasteiger partial charge is 0.486 e. The number of carboxylic acids is 1. The molecule has 0 saturated carbocycles. The van der Waals surface area contributed by atoms with Gasteiger partial charge in [0.1, 0.15) is 18.8 Å². The fourth-order valence-corrected chi connectivity index (χ4v) is 2.35. The lowest BCUT2D eigenvalue weighted by atomic mass is 9.99. The van der Waals surface area contributed by atoms with Crippen LogP contribution in [-0.4, -0.2) is 29.8 Å². The van der Waals surface area contributed by atoms with Gasteiger partial charge in [-0.1, -0.05) is 22.9 Å². The van der Waals surface area contributed by atoms with Gasteiger partial charge in [-0.25, -0.2) is 0 Å². The monoisotopic (exact) mass is 343 g/mol. The van der Waals surface area contributed by atoms with E-state index in [9.17, 15) is 9.90 Å². The molecule has 1 aromatic rings. The molecule has 5 nitrogen and oxygen atoms in total. The van der Waals surface area contributed by atoms with Crippen molar-refractivity contribution in [2.24, 2.45) is 0 Å². The van der Waals surface area contributed by atoms with Crippen LogP contribution in [0.2, 0.25) is 0 Å². The summed E-state index contributed by atoms with van der Waals surface area (Å²) in [6, 6.07) is 3.74. The highest BCUT2D eigenvalue weighted by Gasteiger charge is 2.30. The number of benzene rings is 1. The van der Waals surface area contributed by atoms with Crippen LogP contribution in [0.3, 0.4) is 0 Å². The predicted molar refractivity (Wildman–Crippen MR) is 78.3 cm³/mol. The zero-order valence-electron chi connectivity index (χ0n) is 11.5. The maximum Gasteiger partial charge on any atom is 0.323 e. The smallest absolute Gasteiger partial charge is 0.323 e. The molecule has 2 rings (SSSR count). The summed E-state index contributed by atoms with van der Waals surface area (Å²) in [6.45, 7) is 5.04. The van der Waals surface area contributed by atoms with Crippen molar-refractivity contribution in [2.45, 2.75) is 32.4 Å². The predicted octanol–water partition coefficient (Wildman–Crippen LogP) is 2.56. The highest BCUT2D eigenvalue weighted by atomic mass is 79.9. The molecule has 6 heteroatoms. The third-order valence-corrected chi connectivity index (χ3v) is 4.30. The summed E-state index contributed by atoms with van der Waals surface area (Å²) in [5.74, 6) is 0.557. The van der Waals surface area contributed by atoms with Gasteiger partial charge in [-0.2, -0.15) is 0 Å². The molecule has 20 heavy (non-hydrogen) atoms. The quantitative estimate of drug-likeness (QED) is 0.859. The van der Waals surface area contributed by atoms with Crippen LogP contribution in [0, 0.1) is 0 Å². The molecule has 1 atom stereocenters. The molecule has 1 heterocycles. The fourth-order valence-electron chi connectivity index (χ4n) is 1.88. The number of ether oxygens (including phenoxy) is 2. The van der Waals surface area contributed by atoms with E-state index >= 15 is 0 Å². The van der Waals surface area contributed by atoms with E-state index in [1.54, 1.807) is 6.92 Å². The van der Waals surface area contributed by atoms with Crippen LogP contribution < -0.4 is 14.8 Å². The lowest BCUT2D eigenvalue weighted by Crippen LogP contribution is -2.48. The maximum atomic E-state index is 11.3. The Balaban J connectivity index is 2.15. The second-order valence-electron chi connectivity index (χ2n) is 4.93. The van der Waals surface area contributed by atoms with E-state index in [0.717, 1.165) is 10.0 Å². The van der Waals surface area contributed by atoms with Gasteiger partial charge in [-0.15, -0.1) is 0 Å². The van der Waals surface area contributed by atoms with Crippen LogP contribution in [0.5, 0.6) is 11.5 Å². The van der Waals surface area contributed by atoms with Crippen molar-refractivity contribution in [3.8, 4) is 11.5 Å². The summed E-state index contributed by atoms with van der Waals surface area (Å²) in [6.07, 6.45) is 0.504. The topological polar surface area (TPSA) is 67.8 Å². The average molecular weight is 344 g/mol. The van der Waals surface area contributed by atoms with Gasteiger partial charge in [0.25, 0.3) is 0 Å². The molecule has 0 aliphatic carbocycles. The van der Waals surface area contributed by atoms with Crippen LogP contribution >= 0.6 is 15.9 Å². The van der Waals surface area contributed by atoms with E-state index in [2.05, 4.69) is 21.2 Å². The first kappa shape index (κ1) is 15.1. The Bertz CT molecular complexity index is 520. The van der Waals surface area contributed by atoms with Gasteiger partial charge in [0.05, 0.1) is 0 Å². The van der Waals surface area contributed by atoms with E-state index in [0.29, 0.717) is 37.7 Å². The number of hydrogen-bond acceptors (Lipinski definition) is 4. The highest BCUT2D eigenvalue weighted by molar-refractivity contribution is 9.10. The Labute approximate surface area is 126 Å². The summed E-state index contributed by atoms with van der Waals surface area (Å²) in [4.78, 5) is 11.3. The van der Waals surface area contributed by atoms with Gasteiger partial charge in [0.2, 0.25) is 0 Å². The zero-order valence-corrected chi connectivity index (χ0v) is 13.1. The van der Waals surface area contributed by atoms with Crippen LogP contribution in [0.25, 0.3) is 0 Å². The second-order valence-corrected chi connectivity index (χ2v) is 5.79. The lowest BCUT2D eigenvalue weighted by Gasteiger charge is -2.26. The van der Waals surface area contributed by atoms with Crippen LogP contribution in [-0.2, 0) is 11.3 Å². The van der Waals surface area contributed by atoms with Crippen molar-refractivity contribution >= 4 is 21.9 Å². The van der Waals surface area contributed by atoms with Crippen molar-refractivity contribution in [3.63, 3.8) is 0 Å². The molecule has 1 unspecified atom stereocenters. The van der Waals surface area contributed by atoms with Crippen LogP contribution in [0.4, 0.5) is 0 Å². The molecule has 0 aromatic heterocycles. The van der Waals surface area contributed by atoms with Crippen LogP contribution in [0.1, 0.15) is 25.8 Å². The average Bonchev–Trinajstić information content (AvgIpc) is 2.44. The maximum absolute atomic E-state index is 11.3. The summed E-state index contributed by atoms with van der Waals surface area (Å²) in [7, 11) is 0. The molecule has 2 N–H and O–H groups in total. The number of aliphatic carboxylic acids is 1.